The van der Waals surface area contributed by atoms with Crippen LogP contribution in [0.2, 0.25) is 18.1 Å². The first-order chi connectivity index (χ1) is 6.24. The summed E-state index contributed by atoms with van der Waals surface area (Å²) in [5.74, 6) is 0. The molecule has 0 rings (SSSR count). The maximum atomic E-state index is 12.5. The summed E-state index contributed by atoms with van der Waals surface area (Å²) in [6, 6.07) is 0. The average molecular weight is 221 g/mol. The Bertz CT molecular complexity index is 192. The molecule has 0 aromatic rings. The smallest absolute Gasteiger partial charge is 0.192 e. The zero-order valence-electron chi connectivity index (χ0n) is 9.63. The molecule has 14 heavy (non-hydrogen) atoms. The van der Waals surface area contributed by atoms with Gasteiger partial charge in [0, 0.05) is 0 Å². The van der Waals surface area contributed by atoms with E-state index in [1.807, 2.05) is 13.1 Å². The second kappa shape index (κ2) is 4.98. The van der Waals surface area contributed by atoms with Gasteiger partial charge in [0.15, 0.2) is 8.32 Å². The number of halogens is 1. The summed E-state index contributed by atoms with van der Waals surface area (Å²) >= 11 is 0. The monoisotopic (exact) mass is 221 g/mol. The van der Waals surface area contributed by atoms with Crippen molar-refractivity contribution >= 4 is 8.32 Å². The van der Waals surface area contributed by atoms with Crippen molar-refractivity contribution < 1.29 is 8.82 Å². The molecule has 0 radical (unpaired) electrons. The van der Waals surface area contributed by atoms with E-state index in [0.29, 0.717) is 0 Å². The van der Waals surface area contributed by atoms with Crippen LogP contribution in [-0.4, -0.2) is 27.6 Å². The second-order valence-corrected chi connectivity index (χ2v) is 9.72. The summed E-state index contributed by atoms with van der Waals surface area (Å²) < 4.78 is 18.1. The standard InChI is InChI=1S/C9H20FNO2Si/c1-9(2,3)14(4,5)13-8(6-10)7-11-12/h8H,6-7H2,1-5H3/t8-/m1/s1. The van der Waals surface area contributed by atoms with Crippen LogP contribution >= 0.6 is 0 Å². The van der Waals surface area contributed by atoms with Gasteiger partial charge in [-0.15, -0.1) is 0 Å². The molecule has 0 unspecified atom stereocenters. The van der Waals surface area contributed by atoms with Crippen molar-refractivity contribution in [3.8, 4) is 0 Å². The number of alkyl halides is 1. The molecule has 0 fully saturated rings. The first-order valence-corrected chi connectivity index (χ1v) is 7.68. The minimum Gasteiger partial charge on any atom is -0.409 e. The Morgan fingerprint density at radius 1 is 1.43 bits per heavy atom. The van der Waals surface area contributed by atoms with Gasteiger partial charge in [-0.25, -0.2) is 4.39 Å². The van der Waals surface area contributed by atoms with Crippen molar-refractivity contribution in [1.29, 1.82) is 0 Å². The predicted octanol–water partition coefficient (Wildman–Crippen LogP) is 3.11. The quantitative estimate of drug-likeness (QED) is 0.528. The molecule has 0 aliphatic carbocycles. The summed E-state index contributed by atoms with van der Waals surface area (Å²) in [5, 5.41) is 2.71. The fraction of sp³-hybridized carbons (Fsp3) is 1.00. The minimum atomic E-state index is -1.97. The third kappa shape index (κ3) is 3.83. The average Bonchev–Trinajstić information content (AvgIpc) is 2.01. The minimum absolute atomic E-state index is 0.0311. The van der Waals surface area contributed by atoms with E-state index in [0.717, 1.165) is 0 Å². The van der Waals surface area contributed by atoms with Gasteiger partial charge in [-0.3, -0.25) is 0 Å². The van der Waals surface area contributed by atoms with E-state index in [1.54, 1.807) is 0 Å². The third-order valence-corrected chi connectivity index (χ3v) is 7.25. The van der Waals surface area contributed by atoms with Gasteiger partial charge in [-0.1, -0.05) is 25.9 Å². The molecule has 0 saturated heterocycles. The van der Waals surface area contributed by atoms with Gasteiger partial charge in [0.2, 0.25) is 0 Å². The number of nitrogens with zero attached hydrogens (tertiary/aromatic N) is 1. The van der Waals surface area contributed by atoms with Gasteiger partial charge in [-0.05, 0) is 18.1 Å². The Morgan fingerprint density at radius 3 is 2.21 bits per heavy atom. The highest BCUT2D eigenvalue weighted by Crippen LogP contribution is 2.37. The highest BCUT2D eigenvalue weighted by Gasteiger charge is 2.39. The van der Waals surface area contributed by atoms with E-state index in [-0.39, 0.29) is 11.6 Å². The summed E-state index contributed by atoms with van der Waals surface area (Å²) in [5.41, 5.74) is 0. The molecule has 0 heterocycles. The molecule has 0 aliphatic heterocycles. The lowest BCUT2D eigenvalue weighted by Crippen LogP contribution is -2.45. The molecule has 5 heteroatoms. The normalized spacial score (nSPS) is 15.3. The summed E-state index contributed by atoms with van der Waals surface area (Å²) in [7, 11) is -1.97. The number of hydrogen-bond acceptors (Lipinski definition) is 3. The SMILES string of the molecule is CC(C)(C)[Si](C)(C)O[C@H](CF)CN=O. The third-order valence-electron chi connectivity index (χ3n) is 2.72. The highest BCUT2D eigenvalue weighted by molar-refractivity contribution is 6.74. The van der Waals surface area contributed by atoms with Gasteiger partial charge < -0.3 is 4.43 Å². The van der Waals surface area contributed by atoms with E-state index < -0.39 is 21.1 Å². The van der Waals surface area contributed by atoms with Crippen molar-refractivity contribution in [2.45, 2.75) is 45.0 Å². The van der Waals surface area contributed by atoms with Crippen LogP contribution in [0.4, 0.5) is 4.39 Å². The number of nitroso groups, excluding NO2 is 1. The van der Waals surface area contributed by atoms with Crippen LogP contribution in [0.1, 0.15) is 20.8 Å². The van der Waals surface area contributed by atoms with E-state index in [4.69, 9.17) is 4.43 Å². The lowest BCUT2D eigenvalue weighted by Gasteiger charge is -2.38. The van der Waals surface area contributed by atoms with E-state index >= 15 is 0 Å². The molecule has 0 N–H and O–H groups in total. The Labute approximate surface area is 86.1 Å². The Morgan fingerprint density at radius 2 is 1.93 bits per heavy atom. The maximum Gasteiger partial charge on any atom is 0.192 e. The molecular weight excluding hydrogens is 201 g/mol. The van der Waals surface area contributed by atoms with Gasteiger partial charge >= 0.3 is 0 Å². The molecule has 0 amide bonds. The van der Waals surface area contributed by atoms with Crippen molar-refractivity contribution in [3.05, 3.63) is 4.91 Å². The zero-order valence-corrected chi connectivity index (χ0v) is 10.6. The van der Waals surface area contributed by atoms with Crippen LogP contribution < -0.4 is 0 Å². The van der Waals surface area contributed by atoms with Crippen LogP contribution in [0.3, 0.4) is 0 Å². The van der Waals surface area contributed by atoms with Crippen molar-refractivity contribution in [2.24, 2.45) is 5.18 Å². The van der Waals surface area contributed by atoms with E-state index in [9.17, 15) is 9.30 Å². The van der Waals surface area contributed by atoms with Crippen molar-refractivity contribution in [2.75, 3.05) is 13.2 Å². The molecule has 0 aromatic heterocycles. The molecule has 84 valence electrons. The molecule has 0 spiro atoms. The molecule has 0 saturated carbocycles. The Hall–Kier alpha value is -0.293. The van der Waals surface area contributed by atoms with Gasteiger partial charge in [-0.2, -0.15) is 4.91 Å². The highest BCUT2D eigenvalue weighted by atomic mass is 28.4. The number of hydrogen-bond donors (Lipinski definition) is 0. The van der Waals surface area contributed by atoms with Gasteiger partial charge in [0.25, 0.3) is 0 Å². The Balaban J connectivity index is 4.39. The van der Waals surface area contributed by atoms with Gasteiger partial charge in [0.1, 0.15) is 13.2 Å². The van der Waals surface area contributed by atoms with E-state index in [2.05, 4.69) is 25.9 Å². The van der Waals surface area contributed by atoms with Crippen LogP contribution in [-0.2, 0) is 4.43 Å². The summed E-state index contributed by atoms with van der Waals surface area (Å²) in [6.07, 6.45) is -0.659. The fourth-order valence-corrected chi connectivity index (χ4v) is 2.12. The lowest BCUT2D eigenvalue weighted by molar-refractivity contribution is 0.154. The first kappa shape index (κ1) is 13.7. The first-order valence-electron chi connectivity index (χ1n) is 4.77. The summed E-state index contributed by atoms with van der Waals surface area (Å²) in [4.78, 5) is 10.0. The molecule has 1 atom stereocenters. The molecule has 0 aliphatic rings. The second-order valence-electron chi connectivity index (χ2n) is 4.97. The Kier molecular flexibility index (Phi) is 4.87. The van der Waals surface area contributed by atoms with Crippen molar-refractivity contribution in [3.63, 3.8) is 0 Å². The van der Waals surface area contributed by atoms with E-state index in [1.165, 1.54) is 0 Å². The number of rotatable bonds is 5. The van der Waals surface area contributed by atoms with Gasteiger partial charge in [0.05, 0.1) is 6.10 Å². The van der Waals surface area contributed by atoms with Crippen LogP contribution in [0, 0.1) is 4.91 Å². The van der Waals surface area contributed by atoms with Crippen LogP contribution in [0.5, 0.6) is 0 Å². The maximum absolute atomic E-state index is 12.5. The van der Waals surface area contributed by atoms with Crippen LogP contribution in [0.25, 0.3) is 0 Å². The zero-order chi connectivity index (χ0) is 11.4. The largest absolute Gasteiger partial charge is 0.409 e. The van der Waals surface area contributed by atoms with Crippen LogP contribution in [0.15, 0.2) is 5.18 Å². The fourth-order valence-electron chi connectivity index (χ4n) is 0.794. The lowest BCUT2D eigenvalue weighted by atomic mass is 10.2. The molecular formula is C9H20FNO2Si. The summed E-state index contributed by atoms with van der Waals surface area (Å²) in [6.45, 7) is 9.54. The topological polar surface area (TPSA) is 38.7 Å². The molecule has 0 bridgehead atoms. The van der Waals surface area contributed by atoms with Crippen molar-refractivity contribution in [1.82, 2.24) is 0 Å². The predicted molar refractivity (Wildman–Crippen MR) is 58.7 cm³/mol. The molecule has 3 nitrogen and oxygen atoms in total. The molecule has 0 aromatic carbocycles.